The van der Waals surface area contributed by atoms with Crippen LogP contribution in [-0.4, -0.2) is 24.8 Å². The van der Waals surface area contributed by atoms with Crippen LogP contribution in [0.25, 0.3) is 0 Å². The van der Waals surface area contributed by atoms with Gasteiger partial charge in [0.1, 0.15) is 17.4 Å². The van der Waals surface area contributed by atoms with Crippen molar-refractivity contribution in [3.63, 3.8) is 0 Å². The monoisotopic (exact) mass is 472 g/mol. The smallest absolute Gasteiger partial charge is 0.216 e. The first kappa shape index (κ1) is 27.6. The fraction of sp³-hybridized carbons (Fsp3) is 0.500. The molecule has 0 aromatic heterocycles. The van der Waals surface area contributed by atoms with Crippen LogP contribution in [-0.2, 0) is 20.5 Å². The molecular formula is C28H38F2N2O2. The van der Waals surface area contributed by atoms with Gasteiger partial charge in [-0.25, -0.2) is 8.78 Å². The first-order valence-electron chi connectivity index (χ1n) is 12.0. The van der Waals surface area contributed by atoms with Gasteiger partial charge < -0.3 is 10.6 Å². The molecule has 2 aromatic rings. The highest BCUT2D eigenvalue weighted by molar-refractivity contribution is 5.79. The molecule has 186 valence electrons. The Balaban J connectivity index is 0.000000379. The minimum atomic E-state index is -0.521. The number of carbonyl (C=O) groups excluding carboxylic acids is 2. The zero-order chi connectivity index (χ0) is 25.4. The number of carbonyl (C=O) groups is 2. The van der Waals surface area contributed by atoms with Crippen LogP contribution >= 0.6 is 0 Å². The Kier molecular flexibility index (Phi) is 9.92. The Morgan fingerprint density at radius 3 is 2.15 bits per heavy atom. The molecule has 0 atom stereocenters. The van der Waals surface area contributed by atoms with E-state index in [0.717, 1.165) is 31.9 Å². The van der Waals surface area contributed by atoms with Crippen LogP contribution in [0.1, 0.15) is 76.5 Å². The van der Waals surface area contributed by atoms with Crippen molar-refractivity contribution in [1.29, 1.82) is 0 Å². The number of benzene rings is 2. The molecule has 2 aromatic carbocycles. The molecule has 1 aliphatic carbocycles. The third-order valence-electron chi connectivity index (χ3n) is 6.14. The Labute approximate surface area is 202 Å². The topological polar surface area (TPSA) is 58.2 Å². The molecule has 0 aliphatic heterocycles. The van der Waals surface area contributed by atoms with Crippen molar-refractivity contribution in [1.82, 2.24) is 10.6 Å². The molecule has 1 amide bonds. The van der Waals surface area contributed by atoms with E-state index in [1.165, 1.54) is 23.3 Å². The Morgan fingerprint density at radius 2 is 1.62 bits per heavy atom. The highest BCUT2D eigenvalue weighted by atomic mass is 19.1. The van der Waals surface area contributed by atoms with Gasteiger partial charge in [-0.2, -0.15) is 0 Å². The molecule has 0 radical (unpaired) electrons. The highest BCUT2D eigenvalue weighted by Crippen LogP contribution is 2.37. The van der Waals surface area contributed by atoms with Crippen molar-refractivity contribution in [2.45, 2.75) is 77.7 Å². The largest absolute Gasteiger partial charge is 0.356 e. The third-order valence-corrected chi connectivity index (χ3v) is 6.14. The second-order valence-electron chi connectivity index (χ2n) is 10.2. The van der Waals surface area contributed by atoms with Gasteiger partial charge in [-0.1, -0.05) is 45.0 Å². The number of Topliss-reactive ketones (excluding diaryl/α,β-unsaturated/α-hetero) is 1. The maximum Gasteiger partial charge on any atom is 0.216 e. The normalized spacial score (nSPS) is 15.3. The molecule has 0 saturated heterocycles. The fourth-order valence-electron chi connectivity index (χ4n) is 4.18. The Bertz CT molecular complexity index is 922. The summed E-state index contributed by atoms with van der Waals surface area (Å²) in [5.74, 6) is -0.668. The number of hydrogen-bond acceptors (Lipinski definition) is 3. The van der Waals surface area contributed by atoms with Gasteiger partial charge in [-0.05, 0) is 67.0 Å². The first-order chi connectivity index (χ1) is 15.9. The highest BCUT2D eigenvalue weighted by Gasteiger charge is 2.36. The molecule has 0 heterocycles. The first-order valence-corrected chi connectivity index (χ1v) is 12.0. The molecule has 3 rings (SSSR count). The second kappa shape index (κ2) is 12.2. The molecule has 1 fully saturated rings. The summed E-state index contributed by atoms with van der Waals surface area (Å²) in [5.41, 5.74) is 3.18. The minimum absolute atomic E-state index is 0.0101. The molecule has 6 heteroatoms. The summed E-state index contributed by atoms with van der Waals surface area (Å²) >= 11 is 0. The number of ketones is 1. The van der Waals surface area contributed by atoms with E-state index in [2.05, 4.69) is 55.7 Å². The predicted molar refractivity (Wildman–Crippen MR) is 133 cm³/mol. The predicted octanol–water partition coefficient (Wildman–Crippen LogP) is 5.71. The van der Waals surface area contributed by atoms with Gasteiger partial charge in [-0.3, -0.25) is 9.59 Å². The van der Waals surface area contributed by atoms with Crippen LogP contribution in [0.3, 0.4) is 0 Å². The van der Waals surface area contributed by atoms with Crippen molar-refractivity contribution in [3.8, 4) is 0 Å². The lowest BCUT2D eigenvalue weighted by atomic mass is 9.74. The van der Waals surface area contributed by atoms with Crippen LogP contribution < -0.4 is 10.6 Å². The average molecular weight is 473 g/mol. The second-order valence-corrected chi connectivity index (χ2v) is 10.2. The fourth-order valence-corrected chi connectivity index (χ4v) is 4.18. The van der Waals surface area contributed by atoms with E-state index >= 15 is 0 Å². The van der Waals surface area contributed by atoms with Crippen molar-refractivity contribution in [2.75, 3.05) is 13.1 Å². The summed E-state index contributed by atoms with van der Waals surface area (Å²) in [7, 11) is 0. The summed E-state index contributed by atoms with van der Waals surface area (Å²) in [5, 5.41) is 6.56. The zero-order valence-electron chi connectivity index (χ0n) is 21.1. The number of hydrogen-bond donors (Lipinski definition) is 2. The summed E-state index contributed by atoms with van der Waals surface area (Å²) in [6.07, 6.45) is 3.85. The lowest BCUT2D eigenvalue weighted by molar-refractivity contribution is -0.122. The van der Waals surface area contributed by atoms with Gasteiger partial charge in [0.05, 0.1) is 0 Å². The van der Waals surface area contributed by atoms with Gasteiger partial charge in [0.2, 0.25) is 5.91 Å². The van der Waals surface area contributed by atoms with Crippen LogP contribution in [0.4, 0.5) is 8.78 Å². The molecule has 0 spiro atoms. The van der Waals surface area contributed by atoms with E-state index in [9.17, 15) is 18.4 Å². The molecule has 1 aliphatic rings. The maximum atomic E-state index is 12.2. The SMILES string of the molecule is CC(=O)NCCCNC1(c2cccc(C(C)(C)C)c2)CCC(=O)CC1.Cc1cc(F)cc(F)c1. The van der Waals surface area contributed by atoms with Crippen LogP contribution in [0, 0.1) is 18.6 Å². The van der Waals surface area contributed by atoms with E-state index in [4.69, 9.17) is 0 Å². The molecule has 4 nitrogen and oxygen atoms in total. The lowest BCUT2D eigenvalue weighted by Crippen LogP contribution is -2.46. The van der Waals surface area contributed by atoms with E-state index in [1.807, 2.05) is 0 Å². The van der Waals surface area contributed by atoms with E-state index < -0.39 is 11.6 Å². The number of nitrogens with one attached hydrogen (secondary N) is 2. The van der Waals surface area contributed by atoms with Crippen molar-refractivity contribution >= 4 is 11.7 Å². The summed E-state index contributed by atoms with van der Waals surface area (Å²) < 4.78 is 24.4. The van der Waals surface area contributed by atoms with E-state index in [-0.39, 0.29) is 16.9 Å². The quantitative estimate of drug-likeness (QED) is 0.530. The minimum Gasteiger partial charge on any atom is -0.356 e. The molecule has 0 bridgehead atoms. The lowest BCUT2D eigenvalue weighted by Gasteiger charge is -2.39. The molecule has 34 heavy (non-hydrogen) atoms. The van der Waals surface area contributed by atoms with E-state index in [0.29, 0.717) is 30.7 Å². The van der Waals surface area contributed by atoms with Gasteiger partial charge in [0.25, 0.3) is 0 Å². The van der Waals surface area contributed by atoms with Crippen molar-refractivity contribution in [3.05, 3.63) is 70.8 Å². The standard InChI is InChI=1S/C21H32N2O2.C7H6F2/c1-16(24)22-13-6-14-23-21(11-9-19(25)10-12-21)18-8-5-7-17(15-18)20(2,3)4;1-5-2-6(8)4-7(9)3-5/h5,7-8,15,23H,6,9-14H2,1-4H3,(H,22,24);2-4H,1H3. The number of halogens is 2. The summed E-state index contributed by atoms with van der Waals surface area (Å²) in [6, 6.07) is 12.2. The van der Waals surface area contributed by atoms with Gasteiger partial charge in [-0.15, -0.1) is 0 Å². The van der Waals surface area contributed by atoms with Crippen LogP contribution in [0.5, 0.6) is 0 Å². The van der Waals surface area contributed by atoms with Crippen LogP contribution in [0.15, 0.2) is 42.5 Å². The van der Waals surface area contributed by atoms with Gasteiger partial charge in [0, 0.05) is 37.9 Å². The third kappa shape index (κ3) is 8.64. The maximum absolute atomic E-state index is 12.2. The number of rotatable bonds is 6. The zero-order valence-corrected chi connectivity index (χ0v) is 21.1. The van der Waals surface area contributed by atoms with Crippen molar-refractivity contribution < 1.29 is 18.4 Å². The Morgan fingerprint density at radius 1 is 1.00 bits per heavy atom. The Hall–Kier alpha value is -2.60. The molecule has 0 unspecified atom stereocenters. The average Bonchev–Trinajstić information content (AvgIpc) is 2.74. The van der Waals surface area contributed by atoms with Crippen molar-refractivity contribution in [2.24, 2.45) is 0 Å². The molecule has 1 saturated carbocycles. The number of aryl methyl sites for hydroxylation is 1. The van der Waals surface area contributed by atoms with Gasteiger partial charge in [0.15, 0.2) is 0 Å². The van der Waals surface area contributed by atoms with Crippen LogP contribution in [0.2, 0.25) is 0 Å². The van der Waals surface area contributed by atoms with E-state index in [1.54, 1.807) is 13.8 Å². The molecule has 2 N–H and O–H groups in total. The summed E-state index contributed by atoms with van der Waals surface area (Å²) in [4.78, 5) is 22.8. The molecular weight excluding hydrogens is 434 g/mol. The summed E-state index contributed by atoms with van der Waals surface area (Å²) in [6.45, 7) is 11.4. The number of amides is 1. The van der Waals surface area contributed by atoms with Gasteiger partial charge >= 0.3 is 0 Å².